The van der Waals surface area contributed by atoms with Gasteiger partial charge in [0.25, 0.3) is 0 Å². The van der Waals surface area contributed by atoms with Gasteiger partial charge in [0.2, 0.25) is 0 Å². The van der Waals surface area contributed by atoms with Crippen LogP contribution in [0, 0.1) is 0 Å². The molecule has 7 heteroatoms. The number of rotatable bonds is 7. The maximum absolute atomic E-state index is 11.6. The fourth-order valence-corrected chi connectivity index (χ4v) is 1.84. The molecule has 2 amide bonds. The maximum atomic E-state index is 11.6. The second-order valence-electron chi connectivity index (χ2n) is 4.18. The van der Waals surface area contributed by atoms with Gasteiger partial charge >= 0.3 is 12.0 Å². The molecule has 4 N–H and O–H groups in total. The van der Waals surface area contributed by atoms with Gasteiger partial charge in [0.15, 0.2) is 0 Å². The first-order valence-corrected chi connectivity index (χ1v) is 6.94. The van der Waals surface area contributed by atoms with E-state index in [1.807, 2.05) is 12.1 Å². The Labute approximate surface area is 125 Å². The Morgan fingerprint density at radius 1 is 1.25 bits per heavy atom. The molecule has 0 aliphatic heterocycles. The highest BCUT2D eigenvalue weighted by Gasteiger charge is 2.13. The van der Waals surface area contributed by atoms with Gasteiger partial charge in [0.1, 0.15) is 0 Å². The molecule has 0 aromatic heterocycles. The molecule has 1 aromatic rings. The molecule has 0 bridgehead atoms. The number of carbonyl (C=O) groups excluding carboxylic acids is 1. The van der Waals surface area contributed by atoms with Crippen LogP contribution in [-0.4, -0.2) is 35.4 Å². The second-order valence-corrected chi connectivity index (χ2v) is 5.10. The molecule has 0 fully saturated rings. The highest BCUT2D eigenvalue weighted by atomic mass is 79.9. The molecule has 1 unspecified atom stereocenters. The molecule has 20 heavy (non-hydrogen) atoms. The number of aliphatic carboxylic acids is 1. The van der Waals surface area contributed by atoms with E-state index in [2.05, 4.69) is 26.6 Å². The fourth-order valence-electron chi connectivity index (χ4n) is 1.58. The summed E-state index contributed by atoms with van der Waals surface area (Å²) < 4.78 is 0.913. The number of carbonyl (C=O) groups is 2. The number of carboxylic acid groups (broad SMARTS) is 1. The van der Waals surface area contributed by atoms with Crippen molar-refractivity contribution in [1.82, 2.24) is 10.6 Å². The van der Waals surface area contributed by atoms with Crippen LogP contribution in [0.4, 0.5) is 4.79 Å². The van der Waals surface area contributed by atoms with Crippen LogP contribution in [0.2, 0.25) is 0 Å². The minimum absolute atomic E-state index is 0.0103. The van der Waals surface area contributed by atoms with Crippen LogP contribution >= 0.6 is 15.9 Å². The fraction of sp³-hybridized carbons (Fsp3) is 0.385. The van der Waals surface area contributed by atoms with Crippen molar-refractivity contribution in [3.63, 3.8) is 0 Å². The zero-order chi connectivity index (χ0) is 15.0. The summed E-state index contributed by atoms with van der Waals surface area (Å²) in [5, 5.41) is 23.0. The van der Waals surface area contributed by atoms with Gasteiger partial charge < -0.3 is 20.8 Å². The van der Waals surface area contributed by atoms with Crippen molar-refractivity contribution in [3.05, 3.63) is 34.3 Å². The van der Waals surface area contributed by atoms with Crippen LogP contribution < -0.4 is 10.6 Å². The molecule has 0 radical (unpaired) electrons. The summed E-state index contributed by atoms with van der Waals surface area (Å²) in [6, 6.07) is 6.32. The lowest BCUT2D eigenvalue weighted by molar-refractivity contribution is -0.137. The predicted molar refractivity (Wildman–Crippen MR) is 77.4 cm³/mol. The van der Waals surface area contributed by atoms with Crippen molar-refractivity contribution in [2.24, 2.45) is 0 Å². The number of aliphatic hydroxyl groups excluding tert-OH is 1. The zero-order valence-electron chi connectivity index (χ0n) is 10.8. The van der Waals surface area contributed by atoms with E-state index >= 15 is 0 Å². The first kappa shape index (κ1) is 16.5. The highest BCUT2D eigenvalue weighted by Crippen LogP contribution is 2.16. The van der Waals surface area contributed by atoms with Crippen LogP contribution in [0.3, 0.4) is 0 Å². The molecule has 1 rings (SSSR count). The Morgan fingerprint density at radius 2 is 1.90 bits per heavy atom. The van der Waals surface area contributed by atoms with Crippen molar-refractivity contribution in [3.8, 4) is 0 Å². The SMILES string of the molecule is O=C(O)CCCNC(=O)NC(CO)c1ccc(Br)cc1. The van der Waals surface area contributed by atoms with Crippen molar-refractivity contribution in [2.45, 2.75) is 18.9 Å². The van der Waals surface area contributed by atoms with E-state index in [0.29, 0.717) is 6.42 Å². The smallest absolute Gasteiger partial charge is 0.315 e. The number of urea groups is 1. The van der Waals surface area contributed by atoms with Crippen LogP contribution in [0.25, 0.3) is 0 Å². The van der Waals surface area contributed by atoms with E-state index < -0.39 is 18.0 Å². The van der Waals surface area contributed by atoms with Gasteiger partial charge in [-0.05, 0) is 24.1 Å². The van der Waals surface area contributed by atoms with Crippen molar-refractivity contribution < 1.29 is 19.8 Å². The summed E-state index contributed by atoms with van der Waals surface area (Å²) >= 11 is 3.31. The lowest BCUT2D eigenvalue weighted by Gasteiger charge is -2.17. The Balaban J connectivity index is 2.41. The van der Waals surface area contributed by atoms with Crippen LogP contribution in [-0.2, 0) is 4.79 Å². The minimum Gasteiger partial charge on any atom is -0.481 e. The Morgan fingerprint density at radius 3 is 2.45 bits per heavy atom. The summed E-state index contributed by atoms with van der Waals surface area (Å²) in [6.45, 7) is 0.0563. The molecule has 0 aliphatic carbocycles. The average molecular weight is 345 g/mol. The average Bonchev–Trinajstić information content (AvgIpc) is 2.42. The maximum Gasteiger partial charge on any atom is 0.315 e. The predicted octanol–water partition coefficient (Wildman–Crippen LogP) is 1.65. The molecular weight excluding hydrogens is 328 g/mol. The molecule has 0 spiro atoms. The standard InChI is InChI=1S/C13H17BrN2O4/c14-10-5-3-9(4-6-10)11(8-17)16-13(20)15-7-1-2-12(18)19/h3-6,11,17H,1-2,7-8H2,(H,18,19)(H2,15,16,20). The van der Waals surface area contributed by atoms with E-state index in [9.17, 15) is 14.7 Å². The van der Waals surface area contributed by atoms with Crippen LogP contribution in [0.1, 0.15) is 24.4 Å². The van der Waals surface area contributed by atoms with Gasteiger partial charge in [-0.3, -0.25) is 4.79 Å². The summed E-state index contributed by atoms with van der Waals surface area (Å²) in [4.78, 5) is 21.9. The van der Waals surface area contributed by atoms with Gasteiger partial charge in [-0.1, -0.05) is 28.1 Å². The molecular formula is C13H17BrN2O4. The Bertz CT molecular complexity index is 450. The molecule has 6 nitrogen and oxygen atoms in total. The quantitative estimate of drug-likeness (QED) is 0.565. The van der Waals surface area contributed by atoms with Gasteiger partial charge in [-0.2, -0.15) is 0 Å². The summed E-state index contributed by atoms with van der Waals surface area (Å²) in [5.41, 5.74) is 0.788. The van der Waals surface area contributed by atoms with E-state index in [-0.39, 0.29) is 19.6 Å². The monoisotopic (exact) mass is 344 g/mol. The zero-order valence-corrected chi connectivity index (χ0v) is 12.4. The van der Waals surface area contributed by atoms with Gasteiger partial charge in [-0.25, -0.2) is 4.79 Å². The molecule has 0 aliphatic rings. The number of hydrogen-bond acceptors (Lipinski definition) is 3. The molecule has 110 valence electrons. The number of aliphatic hydroxyl groups is 1. The molecule has 0 heterocycles. The number of hydrogen-bond donors (Lipinski definition) is 4. The third-order valence-electron chi connectivity index (χ3n) is 2.61. The summed E-state index contributed by atoms with van der Waals surface area (Å²) in [6.07, 6.45) is 0.376. The van der Waals surface area contributed by atoms with Crippen LogP contribution in [0.5, 0.6) is 0 Å². The second kappa shape index (κ2) is 8.55. The molecule has 0 saturated carbocycles. The van der Waals surface area contributed by atoms with Crippen molar-refractivity contribution in [2.75, 3.05) is 13.2 Å². The van der Waals surface area contributed by atoms with Crippen LogP contribution in [0.15, 0.2) is 28.7 Å². The van der Waals surface area contributed by atoms with E-state index in [1.165, 1.54) is 0 Å². The van der Waals surface area contributed by atoms with Gasteiger partial charge in [-0.15, -0.1) is 0 Å². The number of benzene rings is 1. The minimum atomic E-state index is -0.893. The topological polar surface area (TPSA) is 98.7 Å². The lowest BCUT2D eigenvalue weighted by Crippen LogP contribution is -2.39. The highest BCUT2D eigenvalue weighted by molar-refractivity contribution is 9.10. The lowest BCUT2D eigenvalue weighted by atomic mass is 10.1. The number of halogens is 1. The van der Waals surface area contributed by atoms with E-state index in [1.54, 1.807) is 12.1 Å². The molecule has 1 aromatic carbocycles. The van der Waals surface area contributed by atoms with E-state index in [0.717, 1.165) is 10.0 Å². The largest absolute Gasteiger partial charge is 0.481 e. The Kier molecular flexibility index (Phi) is 7.03. The third kappa shape index (κ3) is 6.03. The van der Waals surface area contributed by atoms with E-state index in [4.69, 9.17) is 5.11 Å². The van der Waals surface area contributed by atoms with Crippen molar-refractivity contribution >= 4 is 27.9 Å². The molecule has 0 saturated heterocycles. The number of nitrogens with one attached hydrogen (secondary N) is 2. The first-order chi connectivity index (χ1) is 9.52. The number of carboxylic acids is 1. The summed E-state index contributed by atoms with van der Waals surface area (Å²) in [7, 11) is 0. The Hall–Kier alpha value is -1.60. The third-order valence-corrected chi connectivity index (χ3v) is 3.14. The molecule has 1 atom stereocenters. The van der Waals surface area contributed by atoms with Gasteiger partial charge in [0, 0.05) is 17.4 Å². The normalized spacial score (nSPS) is 11.7. The summed E-state index contributed by atoms with van der Waals surface area (Å²) in [5.74, 6) is -0.893. The first-order valence-electron chi connectivity index (χ1n) is 6.15. The number of amides is 2. The van der Waals surface area contributed by atoms with Crippen molar-refractivity contribution in [1.29, 1.82) is 0 Å². The van der Waals surface area contributed by atoms with Gasteiger partial charge in [0.05, 0.1) is 12.6 Å².